The number of aliphatic imine (C=N–C) groups is 1. The van der Waals surface area contributed by atoms with Gasteiger partial charge in [-0.05, 0) is 72.5 Å². The number of phenols is 1. The lowest BCUT2D eigenvalue weighted by Crippen LogP contribution is -2.65. The number of hydrogen-bond donors (Lipinski definition) is 1. The Hall–Kier alpha value is -5.62. The van der Waals surface area contributed by atoms with E-state index >= 15 is 0 Å². The van der Waals surface area contributed by atoms with Crippen LogP contribution in [0, 0.1) is 6.92 Å². The van der Waals surface area contributed by atoms with E-state index in [9.17, 15) is 5.11 Å². The van der Waals surface area contributed by atoms with Gasteiger partial charge in [0.05, 0.1) is 0 Å². The molecule has 0 unspecified atom stereocenters. The third-order valence-corrected chi connectivity index (χ3v) is 11.4. The molecule has 248 valence electrons. The van der Waals surface area contributed by atoms with E-state index in [1.54, 1.807) is 6.07 Å². The number of nitrogens with zero attached hydrogens (tertiary/aromatic N) is 2. The molecule has 1 aliphatic carbocycles. The summed E-state index contributed by atoms with van der Waals surface area (Å²) in [4.78, 5) is 10.3. The van der Waals surface area contributed by atoms with Crippen LogP contribution < -0.4 is 4.74 Å². The van der Waals surface area contributed by atoms with Crippen molar-refractivity contribution in [2.75, 3.05) is 0 Å². The zero-order chi connectivity index (χ0) is 34.6. The van der Waals surface area contributed by atoms with E-state index in [1.165, 1.54) is 16.7 Å². The van der Waals surface area contributed by atoms with E-state index in [-0.39, 0.29) is 5.75 Å². The van der Waals surface area contributed by atoms with Gasteiger partial charge in [-0.2, -0.15) is 0 Å². The lowest BCUT2D eigenvalue weighted by Gasteiger charge is -2.54. The Morgan fingerprint density at radius 2 is 1.48 bits per heavy atom. The Kier molecular flexibility index (Phi) is 6.21. The van der Waals surface area contributed by atoms with Crippen LogP contribution in [0.4, 0.5) is 0 Å². The molecule has 2 atom stereocenters. The van der Waals surface area contributed by atoms with Crippen molar-refractivity contribution < 1.29 is 19.0 Å². The summed E-state index contributed by atoms with van der Waals surface area (Å²) in [6, 6.07) is 38.7. The molecule has 7 aromatic rings. The predicted molar refractivity (Wildman–Crippen MR) is 199 cm³/mol. The number of ether oxygens (including phenoxy) is 2. The van der Waals surface area contributed by atoms with E-state index in [0.29, 0.717) is 28.6 Å². The molecule has 3 heterocycles. The summed E-state index contributed by atoms with van der Waals surface area (Å²) < 4.78 is 20.5. The van der Waals surface area contributed by atoms with Gasteiger partial charge in [-0.25, -0.2) is 9.98 Å². The molecule has 0 spiro atoms. The highest BCUT2D eigenvalue weighted by molar-refractivity contribution is 6.10. The number of para-hydroxylation sites is 1. The van der Waals surface area contributed by atoms with E-state index in [0.717, 1.165) is 32.9 Å². The molecular weight excluding hydrogens is 620 g/mol. The van der Waals surface area contributed by atoms with Crippen molar-refractivity contribution >= 4 is 38.7 Å². The van der Waals surface area contributed by atoms with Crippen molar-refractivity contribution in [3.63, 3.8) is 0 Å². The summed E-state index contributed by atoms with van der Waals surface area (Å²) in [7, 11) is 0. The van der Waals surface area contributed by atoms with Gasteiger partial charge in [0, 0.05) is 38.6 Å². The second kappa shape index (κ2) is 10.2. The van der Waals surface area contributed by atoms with Crippen LogP contribution in [0.1, 0.15) is 62.4 Å². The number of furan rings is 1. The molecule has 1 N–H and O–H groups in total. The van der Waals surface area contributed by atoms with E-state index in [2.05, 4.69) is 101 Å². The predicted octanol–water partition coefficient (Wildman–Crippen LogP) is 10.6. The third kappa shape index (κ3) is 3.90. The molecule has 9 rings (SSSR count). The fraction of sp³-hybridized carbons (Fsp3) is 0.227. The maximum absolute atomic E-state index is 10.7. The van der Waals surface area contributed by atoms with Crippen LogP contribution in [0.15, 0.2) is 125 Å². The molecule has 0 bridgehead atoms. The summed E-state index contributed by atoms with van der Waals surface area (Å²) >= 11 is 0. The normalized spacial score (nSPS) is 20.9. The van der Waals surface area contributed by atoms with Crippen LogP contribution in [0.2, 0.25) is 0 Å². The second-order valence-electron chi connectivity index (χ2n) is 15.0. The maximum Gasteiger partial charge on any atom is 0.220 e. The number of benzene rings is 5. The first kappa shape index (κ1) is 30.4. The first-order chi connectivity index (χ1) is 23.9. The van der Waals surface area contributed by atoms with Crippen molar-refractivity contribution in [3.05, 3.63) is 143 Å². The van der Waals surface area contributed by atoms with Gasteiger partial charge >= 0.3 is 0 Å². The fourth-order valence-corrected chi connectivity index (χ4v) is 9.39. The van der Waals surface area contributed by atoms with Gasteiger partial charge in [0.25, 0.3) is 0 Å². The lowest BCUT2D eigenvalue weighted by molar-refractivity contribution is -0.0885. The summed E-state index contributed by atoms with van der Waals surface area (Å²) in [6.07, 6.45) is 0. The molecule has 0 saturated heterocycles. The standard InChI is InChI=1S/C44H38N2O4/c1-26-22-27-20-21-37(45-38(27)34(47)23-26)48-36-25-28(24-31-30-16-10-13-19-35(30)49-39(31)36)40-46-43(6)33-18-12-11-17-32(33)42(4,5)44(43,50-40)41(2,3)29-14-8-7-9-15-29/h7-25,47H,1-6H3/t43-,44+/m0/s1. The van der Waals surface area contributed by atoms with Crippen LogP contribution in [0.3, 0.4) is 0 Å². The average Bonchev–Trinajstić information content (AvgIpc) is 3.70. The largest absolute Gasteiger partial charge is 0.506 e. The third-order valence-electron chi connectivity index (χ3n) is 11.4. The molecular formula is C44H38N2O4. The molecule has 50 heavy (non-hydrogen) atoms. The average molecular weight is 659 g/mol. The minimum Gasteiger partial charge on any atom is -0.506 e. The Bertz CT molecular complexity index is 2550. The van der Waals surface area contributed by atoms with Gasteiger partial charge in [-0.3, -0.25) is 0 Å². The van der Waals surface area contributed by atoms with Gasteiger partial charge in [0.2, 0.25) is 11.8 Å². The Balaban J connectivity index is 1.26. The molecule has 0 fully saturated rings. The molecule has 0 amide bonds. The first-order valence-corrected chi connectivity index (χ1v) is 17.1. The van der Waals surface area contributed by atoms with Crippen molar-refractivity contribution in [3.8, 4) is 17.4 Å². The SMILES string of the molecule is Cc1cc(O)c2nc(Oc3cc(C4=N[C@@]5(C)c6ccccc6C(C)(C)[C@@]5(C(C)(C)c5ccccc5)O4)cc4c3oc3ccccc34)ccc2c1. The fourth-order valence-electron chi connectivity index (χ4n) is 9.39. The maximum atomic E-state index is 10.7. The molecule has 2 aromatic heterocycles. The number of pyridine rings is 1. The zero-order valence-electron chi connectivity index (χ0n) is 29.0. The monoisotopic (exact) mass is 658 g/mol. The minimum atomic E-state index is -0.794. The summed E-state index contributed by atoms with van der Waals surface area (Å²) in [6.45, 7) is 13.3. The molecule has 0 saturated carbocycles. The number of phenolic OH excluding ortho intramolecular Hbond substituents is 1. The van der Waals surface area contributed by atoms with Crippen LogP contribution >= 0.6 is 0 Å². The number of aromatic hydroxyl groups is 1. The molecule has 0 radical (unpaired) electrons. The Morgan fingerprint density at radius 1 is 0.760 bits per heavy atom. The van der Waals surface area contributed by atoms with E-state index in [4.69, 9.17) is 23.9 Å². The highest BCUT2D eigenvalue weighted by Crippen LogP contribution is 2.68. The molecule has 6 nitrogen and oxygen atoms in total. The molecule has 1 aliphatic heterocycles. The molecule has 6 heteroatoms. The van der Waals surface area contributed by atoms with Gasteiger partial charge in [0.15, 0.2) is 16.9 Å². The number of rotatable bonds is 5. The Morgan fingerprint density at radius 3 is 2.28 bits per heavy atom. The lowest BCUT2D eigenvalue weighted by atomic mass is 9.54. The highest BCUT2D eigenvalue weighted by Gasteiger charge is 2.76. The van der Waals surface area contributed by atoms with Crippen LogP contribution in [-0.4, -0.2) is 21.6 Å². The van der Waals surface area contributed by atoms with Crippen molar-refractivity contribution in [1.82, 2.24) is 4.98 Å². The summed E-state index contributed by atoms with van der Waals surface area (Å²) in [5.41, 5.74) is 4.75. The number of aryl methyl sites for hydroxylation is 1. The van der Waals surface area contributed by atoms with E-state index in [1.807, 2.05) is 49.4 Å². The second-order valence-corrected chi connectivity index (χ2v) is 15.0. The first-order valence-electron chi connectivity index (χ1n) is 17.1. The van der Waals surface area contributed by atoms with Gasteiger partial charge in [-0.15, -0.1) is 0 Å². The van der Waals surface area contributed by atoms with Crippen molar-refractivity contribution in [1.29, 1.82) is 0 Å². The minimum absolute atomic E-state index is 0.107. The topological polar surface area (TPSA) is 77.1 Å². The van der Waals surface area contributed by atoms with E-state index < -0.39 is 22.0 Å². The zero-order valence-corrected chi connectivity index (χ0v) is 29.0. The van der Waals surface area contributed by atoms with Gasteiger partial charge < -0.3 is 19.0 Å². The van der Waals surface area contributed by atoms with Crippen LogP contribution in [0.5, 0.6) is 17.4 Å². The molecule has 2 aliphatic rings. The Labute approximate surface area is 291 Å². The smallest absolute Gasteiger partial charge is 0.220 e. The van der Waals surface area contributed by atoms with Crippen LogP contribution in [-0.2, 0) is 21.1 Å². The van der Waals surface area contributed by atoms with Gasteiger partial charge in [0.1, 0.15) is 22.4 Å². The van der Waals surface area contributed by atoms with Crippen LogP contribution in [0.25, 0.3) is 32.8 Å². The highest BCUT2D eigenvalue weighted by atomic mass is 16.5. The summed E-state index contributed by atoms with van der Waals surface area (Å²) in [5.74, 6) is 1.48. The number of aromatic nitrogens is 1. The quantitative estimate of drug-likeness (QED) is 0.199. The van der Waals surface area contributed by atoms with Gasteiger partial charge in [-0.1, -0.05) is 100 Å². The number of hydrogen-bond acceptors (Lipinski definition) is 6. The molecule has 5 aromatic carbocycles. The summed E-state index contributed by atoms with van der Waals surface area (Å²) in [5, 5.41) is 13.4. The van der Waals surface area contributed by atoms with Crippen molar-refractivity contribution in [2.24, 2.45) is 4.99 Å². The van der Waals surface area contributed by atoms with Crippen molar-refractivity contribution in [2.45, 2.75) is 63.5 Å². The number of fused-ring (bicyclic) bond motifs is 7.